The summed E-state index contributed by atoms with van der Waals surface area (Å²) in [7, 11) is 1.78. The number of hydrogen-bond donors (Lipinski definition) is 2. The van der Waals surface area contributed by atoms with E-state index in [9.17, 15) is 9.59 Å². The third-order valence-electron chi connectivity index (χ3n) is 4.64. The first-order chi connectivity index (χ1) is 11.2. The molecule has 8 heteroatoms. The zero-order valence-electron chi connectivity index (χ0n) is 15.5. The first kappa shape index (κ1) is 21.4. The first-order valence-electron chi connectivity index (χ1n) is 8.49. The van der Waals surface area contributed by atoms with Gasteiger partial charge in [-0.3, -0.25) is 14.3 Å². The van der Waals surface area contributed by atoms with E-state index in [4.69, 9.17) is 5.73 Å². The molecule has 1 aromatic heterocycles. The highest BCUT2D eigenvalue weighted by molar-refractivity contribution is 5.93. The number of rotatable bonds is 4. The molecule has 1 aromatic rings. The Morgan fingerprint density at radius 3 is 2.44 bits per heavy atom. The van der Waals surface area contributed by atoms with Gasteiger partial charge in [0.2, 0.25) is 5.91 Å². The average molecular weight is 372 g/mol. The van der Waals surface area contributed by atoms with Crippen LogP contribution in [0.4, 0.5) is 0 Å². The number of nitrogens with zero attached hydrogens (tertiary/aromatic N) is 3. The van der Waals surface area contributed by atoms with Crippen molar-refractivity contribution in [3.05, 3.63) is 18.0 Å². The van der Waals surface area contributed by atoms with Crippen LogP contribution < -0.4 is 11.1 Å². The molecule has 0 spiro atoms. The van der Waals surface area contributed by atoms with Crippen LogP contribution in [0.15, 0.2) is 12.4 Å². The van der Waals surface area contributed by atoms with Gasteiger partial charge in [-0.2, -0.15) is 5.10 Å². The summed E-state index contributed by atoms with van der Waals surface area (Å²) in [5, 5.41) is 6.95. The van der Waals surface area contributed by atoms with Crippen LogP contribution in [0.1, 0.15) is 44.0 Å². The van der Waals surface area contributed by atoms with Crippen molar-refractivity contribution in [1.29, 1.82) is 0 Å². The number of aryl methyl sites for hydroxylation is 1. The molecule has 2 heterocycles. The van der Waals surface area contributed by atoms with Crippen LogP contribution in [0.2, 0.25) is 0 Å². The Kier molecular flexibility index (Phi) is 7.44. The van der Waals surface area contributed by atoms with Gasteiger partial charge in [0.1, 0.15) is 0 Å². The lowest BCUT2D eigenvalue weighted by Crippen LogP contribution is -2.52. The van der Waals surface area contributed by atoms with Gasteiger partial charge in [0.05, 0.1) is 17.8 Å². The van der Waals surface area contributed by atoms with Crippen LogP contribution in [-0.4, -0.2) is 52.2 Å². The molecule has 2 amide bonds. The molecular formula is C17H30ClN5O2. The Balaban J connectivity index is 0.00000312. The van der Waals surface area contributed by atoms with Crippen LogP contribution in [-0.2, 0) is 11.8 Å². The summed E-state index contributed by atoms with van der Waals surface area (Å²) in [4.78, 5) is 26.3. The Morgan fingerprint density at radius 1 is 1.36 bits per heavy atom. The van der Waals surface area contributed by atoms with Crippen LogP contribution in [0, 0.1) is 11.3 Å². The fourth-order valence-corrected chi connectivity index (χ4v) is 2.80. The van der Waals surface area contributed by atoms with Gasteiger partial charge in [0.15, 0.2) is 0 Å². The second-order valence-corrected chi connectivity index (χ2v) is 7.73. The summed E-state index contributed by atoms with van der Waals surface area (Å²) in [6, 6.07) is -0.473. The molecule has 0 radical (unpaired) electrons. The fraction of sp³-hybridized carbons (Fsp3) is 0.706. The highest BCUT2D eigenvalue weighted by Gasteiger charge is 2.32. The molecule has 1 fully saturated rings. The minimum atomic E-state index is -0.473. The third kappa shape index (κ3) is 5.71. The Morgan fingerprint density at radius 2 is 1.96 bits per heavy atom. The molecule has 25 heavy (non-hydrogen) atoms. The fourth-order valence-electron chi connectivity index (χ4n) is 2.80. The predicted octanol–water partition coefficient (Wildman–Crippen LogP) is 1.18. The van der Waals surface area contributed by atoms with Crippen molar-refractivity contribution in [3.63, 3.8) is 0 Å². The third-order valence-corrected chi connectivity index (χ3v) is 4.64. The van der Waals surface area contributed by atoms with E-state index in [1.54, 1.807) is 24.1 Å². The van der Waals surface area contributed by atoms with Gasteiger partial charge in [0, 0.05) is 32.9 Å². The maximum Gasteiger partial charge on any atom is 0.254 e. The molecule has 0 saturated carbocycles. The normalized spacial score (nSPS) is 16.9. The molecular weight excluding hydrogens is 342 g/mol. The van der Waals surface area contributed by atoms with Crippen LogP contribution in [0.25, 0.3) is 0 Å². The number of carbonyl (C=O) groups is 2. The van der Waals surface area contributed by atoms with E-state index in [-0.39, 0.29) is 29.6 Å². The van der Waals surface area contributed by atoms with Crippen LogP contribution in [0.5, 0.6) is 0 Å². The molecule has 2 rings (SSSR count). The topological polar surface area (TPSA) is 93.2 Å². The van der Waals surface area contributed by atoms with Gasteiger partial charge in [-0.1, -0.05) is 20.8 Å². The van der Waals surface area contributed by atoms with Crippen molar-refractivity contribution in [3.8, 4) is 0 Å². The quantitative estimate of drug-likeness (QED) is 0.831. The molecule has 7 nitrogen and oxygen atoms in total. The minimum absolute atomic E-state index is 0. The second kappa shape index (κ2) is 8.67. The van der Waals surface area contributed by atoms with Crippen LogP contribution >= 0.6 is 12.4 Å². The van der Waals surface area contributed by atoms with Crippen molar-refractivity contribution in [2.45, 2.75) is 39.7 Å². The van der Waals surface area contributed by atoms with Gasteiger partial charge in [0.25, 0.3) is 5.91 Å². The molecule has 0 aliphatic carbocycles. The maximum atomic E-state index is 12.4. The minimum Gasteiger partial charge on any atom is -0.352 e. The lowest BCUT2D eigenvalue weighted by Gasteiger charge is -2.36. The number of halogens is 1. The van der Waals surface area contributed by atoms with Gasteiger partial charge < -0.3 is 16.0 Å². The largest absolute Gasteiger partial charge is 0.352 e. The zero-order chi connectivity index (χ0) is 17.9. The highest BCUT2D eigenvalue weighted by atomic mass is 35.5. The monoisotopic (exact) mass is 371 g/mol. The molecule has 1 aliphatic rings. The molecule has 1 atom stereocenters. The van der Waals surface area contributed by atoms with E-state index < -0.39 is 6.04 Å². The molecule has 0 aromatic carbocycles. The number of carbonyl (C=O) groups excluding carboxylic acids is 2. The molecule has 0 bridgehead atoms. The van der Waals surface area contributed by atoms with Gasteiger partial charge >= 0.3 is 0 Å². The number of amides is 2. The molecule has 3 N–H and O–H groups in total. The van der Waals surface area contributed by atoms with Crippen molar-refractivity contribution >= 4 is 24.2 Å². The number of likely N-dealkylation sites (tertiary alicyclic amines) is 1. The van der Waals surface area contributed by atoms with Crippen molar-refractivity contribution in [2.24, 2.45) is 24.1 Å². The second-order valence-electron chi connectivity index (χ2n) is 7.73. The van der Waals surface area contributed by atoms with Gasteiger partial charge in [-0.05, 0) is 24.2 Å². The Labute approximate surface area is 155 Å². The maximum absolute atomic E-state index is 12.4. The summed E-state index contributed by atoms with van der Waals surface area (Å²) in [6.07, 6.45) is 5.03. The summed E-state index contributed by atoms with van der Waals surface area (Å²) in [6.45, 7) is 7.98. The smallest absolute Gasteiger partial charge is 0.254 e. The van der Waals surface area contributed by atoms with Crippen molar-refractivity contribution in [2.75, 3.05) is 19.6 Å². The van der Waals surface area contributed by atoms with E-state index in [0.717, 1.165) is 12.8 Å². The standard InChI is InChI=1S/C17H29N5O2.ClH/c1-17(2,3)14(18)16(24)22-7-5-12(6-8-22)9-19-15(23)13-10-20-21(4)11-13;/h10-12,14H,5-9,18H2,1-4H3,(H,19,23);1H/t14-;/m1./s1. The van der Waals surface area contributed by atoms with Crippen LogP contribution in [0.3, 0.4) is 0 Å². The first-order valence-corrected chi connectivity index (χ1v) is 8.49. The Bertz CT molecular complexity index is 588. The van der Waals surface area contributed by atoms with Crippen molar-refractivity contribution < 1.29 is 9.59 Å². The highest BCUT2D eigenvalue weighted by Crippen LogP contribution is 2.22. The number of hydrogen-bond acceptors (Lipinski definition) is 4. The zero-order valence-corrected chi connectivity index (χ0v) is 16.3. The molecule has 142 valence electrons. The number of aromatic nitrogens is 2. The van der Waals surface area contributed by atoms with E-state index in [0.29, 0.717) is 31.1 Å². The van der Waals surface area contributed by atoms with Gasteiger partial charge in [-0.15, -0.1) is 12.4 Å². The molecule has 0 unspecified atom stereocenters. The Hall–Kier alpha value is -1.60. The number of piperidine rings is 1. The number of nitrogens with one attached hydrogen (secondary N) is 1. The average Bonchev–Trinajstić information content (AvgIpc) is 2.97. The summed E-state index contributed by atoms with van der Waals surface area (Å²) >= 11 is 0. The summed E-state index contributed by atoms with van der Waals surface area (Å²) < 4.78 is 1.61. The van der Waals surface area contributed by atoms with E-state index in [1.807, 2.05) is 25.7 Å². The summed E-state index contributed by atoms with van der Waals surface area (Å²) in [5.41, 5.74) is 6.41. The molecule has 1 saturated heterocycles. The van der Waals surface area contributed by atoms with E-state index in [1.165, 1.54) is 0 Å². The molecule has 1 aliphatic heterocycles. The number of nitrogens with two attached hydrogens (primary N) is 1. The van der Waals surface area contributed by atoms with Crippen molar-refractivity contribution in [1.82, 2.24) is 20.0 Å². The van der Waals surface area contributed by atoms with E-state index >= 15 is 0 Å². The van der Waals surface area contributed by atoms with Gasteiger partial charge in [-0.25, -0.2) is 0 Å². The SMILES string of the molecule is Cl.Cn1cc(C(=O)NCC2CCN(C(=O)[C@@H](N)C(C)(C)C)CC2)cn1. The van der Waals surface area contributed by atoms with E-state index in [2.05, 4.69) is 10.4 Å². The lowest BCUT2D eigenvalue weighted by molar-refractivity contribution is -0.136. The lowest BCUT2D eigenvalue weighted by atomic mass is 9.86. The summed E-state index contributed by atoms with van der Waals surface area (Å²) in [5.74, 6) is 0.317. The predicted molar refractivity (Wildman–Crippen MR) is 99.5 cm³/mol.